The highest BCUT2D eigenvalue weighted by atomic mass is 35.5. The third kappa shape index (κ3) is 4.88. The van der Waals surface area contributed by atoms with Crippen LogP contribution in [0.3, 0.4) is 0 Å². The monoisotopic (exact) mass is 361 g/mol. The van der Waals surface area contributed by atoms with Gasteiger partial charge >= 0.3 is 0 Å². The molecule has 1 aliphatic rings. The van der Waals surface area contributed by atoms with Crippen molar-refractivity contribution in [3.05, 3.63) is 58.6 Å². The van der Waals surface area contributed by atoms with Crippen molar-refractivity contribution in [2.45, 2.75) is 38.5 Å². The number of benzene rings is 2. The molecule has 0 amide bonds. The van der Waals surface area contributed by atoms with Gasteiger partial charge in [0.25, 0.3) is 0 Å². The lowest BCUT2D eigenvalue weighted by molar-refractivity contribution is 0.104. The predicted molar refractivity (Wildman–Crippen MR) is 99.6 cm³/mol. The van der Waals surface area contributed by atoms with Crippen LogP contribution in [-0.2, 0) is 6.42 Å². The molecule has 0 saturated carbocycles. The molecule has 0 bridgehead atoms. The van der Waals surface area contributed by atoms with Crippen molar-refractivity contribution in [1.29, 1.82) is 0 Å². The normalized spacial score (nSPS) is 18.6. The number of halogens is 1. The van der Waals surface area contributed by atoms with Crippen LogP contribution < -0.4 is 14.8 Å². The average Bonchev–Trinajstić information content (AvgIpc) is 2.60. The molecule has 2 N–H and O–H groups in total. The first-order chi connectivity index (χ1) is 12.0. The van der Waals surface area contributed by atoms with Crippen LogP contribution in [-0.4, -0.2) is 30.4 Å². The van der Waals surface area contributed by atoms with Gasteiger partial charge in [0.1, 0.15) is 12.7 Å². The zero-order chi connectivity index (χ0) is 17.8. The lowest BCUT2D eigenvalue weighted by Crippen LogP contribution is -2.32. The fraction of sp³-hybridized carbons (Fsp3) is 0.400. The Morgan fingerprint density at radius 1 is 1.24 bits per heavy atom. The van der Waals surface area contributed by atoms with E-state index in [4.69, 9.17) is 21.1 Å². The van der Waals surface area contributed by atoms with Gasteiger partial charge in [-0.3, -0.25) is 0 Å². The van der Waals surface area contributed by atoms with Gasteiger partial charge in [-0.15, -0.1) is 0 Å². The zero-order valence-electron chi connectivity index (χ0n) is 14.5. The lowest BCUT2D eigenvalue weighted by atomic mass is 10.0. The summed E-state index contributed by atoms with van der Waals surface area (Å²) in [7, 11) is 0. The Hall–Kier alpha value is -1.75. The van der Waals surface area contributed by atoms with Crippen LogP contribution in [0.4, 0.5) is 0 Å². The SMILES string of the molecule is C[C@H](Cc1ccc2c(c1)OC[C@H](C)O2)NC[C@H](O)c1cccc(Cl)c1. The Morgan fingerprint density at radius 3 is 2.88 bits per heavy atom. The van der Waals surface area contributed by atoms with Gasteiger partial charge in [0, 0.05) is 17.6 Å². The van der Waals surface area contributed by atoms with Gasteiger partial charge in [0.2, 0.25) is 0 Å². The summed E-state index contributed by atoms with van der Waals surface area (Å²) in [6.07, 6.45) is 0.351. The molecule has 2 aromatic carbocycles. The highest BCUT2D eigenvalue weighted by Gasteiger charge is 2.18. The van der Waals surface area contributed by atoms with E-state index in [1.165, 1.54) is 5.56 Å². The van der Waals surface area contributed by atoms with Crippen LogP contribution in [0.1, 0.15) is 31.1 Å². The van der Waals surface area contributed by atoms with Gasteiger partial charge in [-0.2, -0.15) is 0 Å². The molecule has 3 rings (SSSR count). The summed E-state index contributed by atoms with van der Waals surface area (Å²) >= 11 is 5.97. The van der Waals surface area contributed by atoms with E-state index in [1.54, 1.807) is 12.1 Å². The van der Waals surface area contributed by atoms with Crippen LogP contribution in [0, 0.1) is 0 Å². The highest BCUT2D eigenvalue weighted by Crippen LogP contribution is 2.32. The maximum atomic E-state index is 10.3. The second kappa shape index (κ2) is 8.09. The summed E-state index contributed by atoms with van der Waals surface area (Å²) < 4.78 is 11.5. The molecule has 0 radical (unpaired) electrons. The molecule has 0 unspecified atom stereocenters. The fourth-order valence-electron chi connectivity index (χ4n) is 2.92. The van der Waals surface area contributed by atoms with Crippen molar-refractivity contribution in [2.75, 3.05) is 13.2 Å². The quantitative estimate of drug-likeness (QED) is 0.822. The summed E-state index contributed by atoms with van der Waals surface area (Å²) in [6.45, 7) is 5.15. The minimum Gasteiger partial charge on any atom is -0.486 e. The fourth-order valence-corrected chi connectivity index (χ4v) is 3.12. The van der Waals surface area contributed by atoms with Crippen LogP contribution in [0.5, 0.6) is 11.5 Å². The first-order valence-corrected chi connectivity index (χ1v) is 8.98. The van der Waals surface area contributed by atoms with Crippen molar-refractivity contribution < 1.29 is 14.6 Å². The Labute approximate surface area is 153 Å². The Morgan fingerprint density at radius 2 is 2.08 bits per heavy atom. The first-order valence-electron chi connectivity index (χ1n) is 8.60. The molecule has 0 saturated heterocycles. The maximum Gasteiger partial charge on any atom is 0.161 e. The third-order valence-electron chi connectivity index (χ3n) is 4.24. The smallest absolute Gasteiger partial charge is 0.161 e. The summed E-state index contributed by atoms with van der Waals surface area (Å²) in [5, 5.41) is 14.3. The number of hydrogen-bond acceptors (Lipinski definition) is 4. The summed E-state index contributed by atoms with van der Waals surface area (Å²) in [5.74, 6) is 1.61. The van der Waals surface area contributed by atoms with Crippen LogP contribution >= 0.6 is 11.6 Å². The Balaban J connectivity index is 1.53. The van der Waals surface area contributed by atoms with Gasteiger partial charge in [0.15, 0.2) is 11.5 Å². The van der Waals surface area contributed by atoms with Crippen molar-refractivity contribution in [2.24, 2.45) is 0 Å². The molecule has 0 fully saturated rings. The topological polar surface area (TPSA) is 50.7 Å². The van der Waals surface area contributed by atoms with Crippen molar-refractivity contribution in [1.82, 2.24) is 5.32 Å². The summed E-state index contributed by atoms with van der Waals surface area (Å²) in [6, 6.07) is 13.6. The van der Waals surface area contributed by atoms with Gasteiger partial charge in [-0.1, -0.05) is 29.8 Å². The van der Waals surface area contributed by atoms with Gasteiger partial charge in [-0.25, -0.2) is 0 Å². The predicted octanol–water partition coefficient (Wildman–Crippen LogP) is 3.75. The molecule has 134 valence electrons. The lowest BCUT2D eigenvalue weighted by Gasteiger charge is -2.24. The molecular formula is C20H24ClNO3. The molecule has 0 aliphatic carbocycles. The van der Waals surface area contributed by atoms with E-state index in [-0.39, 0.29) is 12.1 Å². The minimum atomic E-state index is -0.581. The maximum absolute atomic E-state index is 10.3. The number of rotatable bonds is 6. The van der Waals surface area contributed by atoms with E-state index < -0.39 is 6.10 Å². The number of nitrogens with one attached hydrogen (secondary N) is 1. The van der Waals surface area contributed by atoms with Crippen molar-refractivity contribution in [3.63, 3.8) is 0 Å². The van der Waals surface area contributed by atoms with Crippen LogP contribution in [0.25, 0.3) is 0 Å². The minimum absolute atomic E-state index is 0.0897. The number of aliphatic hydroxyl groups excluding tert-OH is 1. The van der Waals surface area contributed by atoms with E-state index in [2.05, 4.69) is 18.3 Å². The largest absolute Gasteiger partial charge is 0.486 e. The average molecular weight is 362 g/mol. The van der Waals surface area contributed by atoms with Crippen LogP contribution in [0.15, 0.2) is 42.5 Å². The molecular weight excluding hydrogens is 338 g/mol. The Kier molecular flexibility index (Phi) is 5.84. The summed E-state index contributed by atoms with van der Waals surface area (Å²) in [4.78, 5) is 0. The van der Waals surface area contributed by atoms with E-state index >= 15 is 0 Å². The van der Waals surface area contributed by atoms with Gasteiger partial charge < -0.3 is 19.9 Å². The molecule has 1 heterocycles. The molecule has 3 atom stereocenters. The third-order valence-corrected chi connectivity index (χ3v) is 4.48. The molecule has 0 aromatic heterocycles. The molecule has 2 aromatic rings. The molecule has 4 nitrogen and oxygen atoms in total. The number of hydrogen-bond donors (Lipinski definition) is 2. The molecule has 25 heavy (non-hydrogen) atoms. The molecule has 0 spiro atoms. The van der Waals surface area contributed by atoms with E-state index in [0.29, 0.717) is 18.2 Å². The number of aliphatic hydroxyl groups is 1. The van der Waals surface area contributed by atoms with Gasteiger partial charge in [-0.05, 0) is 55.7 Å². The van der Waals surface area contributed by atoms with Gasteiger partial charge in [0.05, 0.1) is 6.10 Å². The second-order valence-corrected chi connectivity index (χ2v) is 7.04. The van der Waals surface area contributed by atoms with Crippen LogP contribution in [0.2, 0.25) is 5.02 Å². The first kappa shape index (κ1) is 18.1. The number of ether oxygens (including phenoxy) is 2. The van der Waals surface area contributed by atoms with E-state index in [0.717, 1.165) is 23.5 Å². The molecule has 1 aliphatic heterocycles. The highest BCUT2D eigenvalue weighted by molar-refractivity contribution is 6.30. The second-order valence-electron chi connectivity index (χ2n) is 6.60. The number of fused-ring (bicyclic) bond motifs is 1. The zero-order valence-corrected chi connectivity index (χ0v) is 15.3. The summed E-state index contributed by atoms with van der Waals surface area (Å²) in [5.41, 5.74) is 2.00. The molecule has 5 heteroatoms. The van der Waals surface area contributed by atoms with E-state index in [9.17, 15) is 5.11 Å². The standard InChI is InChI=1S/C20H24ClNO3/c1-13(22-11-18(23)16-4-3-5-17(21)10-16)8-15-6-7-19-20(9-15)24-12-14(2)25-19/h3-7,9-10,13-14,18,22-23H,8,11-12H2,1-2H3/t13-,14+,18+/m1/s1. The van der Waals surface area contributed by atoms with E-state index in [1.807, 2.05) is 31.2 Å². The van der Waals surface area contributed by atoms with Crippen molar-refractivity contribution >= 4 is 11.6 Å². The van der Waals surface area contributed by atoms with Crippen molar-refractivity contribution in [3.8, 4) is 11.5 Å². The Bertz CT molecular complexity index is 722.